The highest BCUT2D eigenvalue weighted by Gasteiger charge is 2.32. The summed E-state index contributed by atoms with van der Waals surface area (Å²) in [4.78, 5) is 13.0. The standard InChI is InChI=1S/C13H18FN3O2/c1-7-2-3-17(12(7)6-18)11-4-8(13(16)19)10(15)5-9(11)14/h4-5,7,12,18H,2-3,6,15H2,1H3,(H2,16,19). The van der Waals surface area contributed by atoms with Gasteiger partial charge in [0.2, 0.25) is 0 Å². The molecule has 1 aromatic carbocycles. The van der Waals surface area contributed by atoms with Crippen LogP contribution in [0.4, 0.5) is 15.8 Å². The Balaban J connectivity index is 2.45. The monoisotopic (exact) mass is 267 g/mol. The van der Waals surface area contributed by atoms with Crippen LogP contribution in [-0.2, 0) is 0 Å². The molecule has 1 saturated heterocycles. The van der Waals surface area contributed by atoms with Crippen molar-refractivity contribution in [2.45, 2.75) is 19.4 Å². The lowest BCUT2D eigenvalue weighted by atomic mass is 10.0. The van der Waals surface area contributed by atoms with E-state index in [9.17, 15) is 14.3 Å². The van der Waals surface area contributed by atoms with Gasteiger partial charge >= 0.3 is 0 Å². The van der Waals surface area contributed by atoms with Gasteiger partial charge in [0.1, 0.15) is 5.82 Å². The molecular weight excluding hydrogens is 249 g/mol. The first-order chi connectivity index (χ1) is 8.95. The third kappa shape index (κ3) is 2.35. The Bertz CT molecular complexity index is 507. The van der Waals surface area contributed by atoms with Gasteiger partial charge in [-0.15, -0.1) is 0 Å². The fourth-order valence-electron chi connectivity index (χ4n) is 2.60. The van der Waals surface area contributed by atoms with Crippen molar-refractivity contribution in [1.29, 1.82) is 0 Å². The summed E-state index contributed by atoms with van der Waals surface area (Å²) in [5.74, 6) is -0.930. The number of nitrogens with two attached hydrogens (primary N) is 2. The normalized spacial score (nSPS) is 22.8. The minimum Gasteiger partial charge on any atom is -0.398 e. The van der Waals surface area contributed by atoms with Crippen molar-refractivity contribution in [2.24, 2.45) is 11.7 Å². The highest BCUT2D eigenvalue weighted by molar-refractivity contribution is 5.99. The summed E-state index contributed by atoms with van der Waals surface area (Å²) in [5.41, 5.74) is 11.2. The molecule has 1 aliphatic heterocycles. The van der Waals surface area contributed by atoms with Crippen molar-refractivity contribution < 1.29 is 14.3 Å². The van der Waals surface area contributed by atoms with Crippen molar-refractivity contribution in [2.75, 3.05) is 23.8 Å². The first kappa shape index (κ1) is 13.6. The maximum Gasteiger partial charge on any atom is 0.250 e. The van der Waals surface area contributed by atoms with Gasteiger partial charge in [0.25, 0.3) is 5.91 Å². The van der Waals surface area contributed by atoms with Gasteiger partial charge in [0, 0.05) is 12.2 Å². The van der Waals surface area contributed by atoms with Crippen LogP contribution in [0, 0.1) is 11.7 Å². The van der Waals surface area contributed by atoms with Crippen molar-refractivity contribution in [3.8, 4) is 0 Å². The minimum absolute atomic E-state index is 0.0292. The lowest BCUT2D eigenvalue weighted by Gasteiger charge is -2.28. The molecule has 0 radical (unpaired) electrons. The molecule has 0 aliphatic carbocycles. The van der Waals surface area contributed by atoms with Gasteiger partial charge in [-0.2, -0.15) is 0 Å². The zero-order valence-electron chi connectivity index (χ0n) is 10.8. The lowest BCUT2D eigenvalue weighted by Crippen LogP contribution is -2.36. The first-order valence-electron chi connectivity index (χ1n) is 6.22. The molecule has 5 N–H and O–H groups in total. The Hall–Kier alpha value is -1.82. The summed E-state index contributed by atoms with van der Waals surface area (Å²) in [5, 5.41) is 9.41. The molecule has 19 heavy (non-hydrogen) atoms. The predicted octanol–water partition coefficient (Wildman–Crippen LogP) is 0.714. The highest BCUT2D eigenvalue weighted by atomic mass is 19.1. The number of amides is 1. The summed E-state index contributed by atoms with van der Waals surface area (Å²) < 4.78 is 14.0. The van der Waals surface area contributed by atoms with E-state index in [-0.39, 0.29) is 35.5 Å². The third-order valence-corrected chi connectivity index (χ3v) is 3.76. The largest absolute Gasteiger partial charge is 0.398 e. The number of aliphatic hydroxyl groups excluding tert-OH is 1. The lowest BCUT2D eigenvalue weighted by molar-refractivity contribution is 0.100. The fraction of sp³-hybridized carbons (Fsp3) is 0.462. The van der Waals surface area contributed by atoms with Crippen molar-refractivity contribution in [3.05, 3.63) is 23.5 Å². The van der Waals surface area contributed by atoms with Crippen LogP contribution in [0.3, 0.4) is 0 Å². The fourth-order valence-corrected chi connectivity index (χ4v) is 2.60. The number of carbonyl (C=O) groups excluding carboxylic acids is 1. The molecule has 2 atom stereocenters. The second-order valence-corrected chi connectivity index (χ2v) is 4.96. The van der Waals surface area contributed by atoms with Crippen molar-refractivity contribution >= 4 is 17.3 Å². The Labute approximate surface area is 111 Å². The Morgan fingerprint density at radius 1 is 1.58 bits per heavy atom. The molecule has 1 aromatic rings. The summed E-state index contributed by atoms with van der Waals surface area (Å²) in [7, 11) is 0. The van der Waals surface area contributed by atoms with Gasteiger partial charge in [-0.25, -0.2) is 4.39 Å². The number of aliphatic hydroxyl groups is 1. The number of rotatable bonds is 3. The molecule has 1 heterocycles. The number of carbonyl (C=O) groups is 1. The van der Waals surface area contributed by atoms with E-state index in [4.69, 9.17) is 11.5 Å². The molecule has 1 amide bonds. The second kappa shape index (κ2) is 5.05. The highest BCUT2D eigenvalue weighted by Crippen LogP contribution is 2.33. The van der Waals surface area contributed by atoms with Crippen LogP contribution in [0.5, 0.6) is 0 Å². The first-order valence-corrected chi connectivity index (χ1v) is 6.22. The average molecular weight is 267 g/mol. The van der Waals surface area contributed by atoms with E-state index in [0.29, 0.717) is 6.54 Å². The van der Waals surface area contributed by atoms with E-state index in [1.807, 2.05) is 6.92 Å². The van der Waals surface area contributed by atoms with Crippen LogP contribution in [0.2, 0.25) is 0 Å². The molecular formula is C13H18FN3O2. The van der Waals surface area contributed by atoms with Crippen LogP contribution in [-0.4, -0.2) is 30.2 Å². The van der Waals surface area contributed by atoms with Gasteiger partial charge in [0.05, 0.1) is 23.9 Å². The third-order valence-electron chi connectivity index (χ3n) is 3.76. The smallest absolute Gasteiger partial charge is 0.250 e. The van der Waals surface area contributed by atoms with E-state index >= 15 is 0 Å². The number of hydrogen-bond donors (Lipinski definition) is 3. The number of nitrogen functional groups attached to an aromatic ring is 1. The maximum absolute atomic E-state index is 14.0. The maximum atomic E-state index is 14.0. The van der Waals surface area contributed by atoms with Gasteiger partial charge in [-0.05, 0) is 24.5 Å². The van der Waals surface area contributed by atoms with Crippen molar-refractivity contribution in [1.82, 2.24) is 0 Å². The van der Waals surface area contributed by atoms with Crippen LogP contribution in [0.15, 0.2) is 12.1 Å². The summed E-state index contributed by atoms with van der Waals surface area (Å²) in [6.07, 6.45) is 0.862. The van der Waals surface area contributed by atoms with E-state index < -0.39 is 11.7 Å². The molecule has 0 saturated carbocycles. The Kier molecular flexibility index (Phi) is 3.61. The quantitative estimate of drug-likeness (QED) is 0.703. The number of primary amides is 1. The SMILES string of the molecule is CC1CCN(c2cc(C(N)=O)c(N)cc2F)C1CO. The number of anilines is 2. The summed E-state index contributed by atoms with van der Waals surface area (Å²) in [6, 6.07) is 2.32. The van der Waals surface area contributed by atoms with E-state index in [1.54, 1.807) is 4.90 Å². The Morgan fingerprint density at radius 2 is 2.26 bits per heavy atom. The van der Waals surface area contributed by atoms with Gasteiger partial charge in [-0.3, -0.25) is 4.79 Å². The number of nitrogens with zero attached hydrogens (tertiary/aromatic N) is 1. The molecule has 2 rings (SSSR count). The van der Waals surface area contributed by atoms with Gasteiger partial charge in [0.15, 0.2) is 0 Å². The molecule has 1 aliphatic rings. The molecule has 1 fully saturated rings. The zero-order valence-corrected chi connectivity index (χ0v) is 10.8. The van der Waals surface area contributed by atoms with Crippen LogP contribution >= 0.6 is 0 Å². The average Bonchev–Trinajstić information content (AvgIpc) is 2.70. The zero-order chi connectivity index (χ0) is 14.2. The molecule has 5 nitrogen and oxygen atoms in total. The van der Waals surface area contributed by atoms with Gasteiger partial charge in [-0.1, -0.05) is 6.92 Å². The minimum atomic E-state index is -0.688. The molecule has 2 unspecified atom stereocenters. The summed E-state index contributed by atoms with van der Waals surface area (Å²) >= 11 is 0. The molecule has 0 aromatic heterocycles. The van der Waals surface area contributed by atoms with Gasteiger partial charge < -0.3 is 21.5 Å². The summed E-state index contributed by atoms with van der Waals surface area (Å²) in [6.45, 7) is 2.58. The van der Waals surface area contributed by atoms with E-state index in [1.165, 1.54) is 6.07 Å². The Morgan fingerprint density at radius 3 is 2.84 bits per heavy atom. The molecule has 6 heteroatoms. The van der Waals surface area contributed by atoms with Crippen molar-refractivity contribution in [3.63, 3.8) is 0 Å². The predicted molar refractivity (Wildman–Crippen MR) is 71.3 cm³/mol. The van der Waals surface area contributed by atoms with Crippen LogP contribution in [0.1, 0.15) is 23.7 Å². The topological polar surface area (TPSA) is 92.6 Å². The molecule has 0 bridgehead atoms. The number of benzene rings is 1. The number of halogens is 1. The number of hydrogen-bond acceptors (Lipinski definition) is 4. The van der Waals surface area contributed by atoms with Crippen LogP contribution < -0.4 is 16.4 Å². The molecule has 0 spiro atoms. The second-order valence-electron chi connectivity index (χ2n) is 4.96. The van der Waals surface area contributed by atoms with E-state index in [2.05, 4.69) is 0 Å². The van der Waals surface area contributed by atoms with Crippen LogP contribution in [0.25, 0.3) is 0 Å². The van der Waals surface area contributed by atoms with E-state index in [0.717, 1.165) is 12.5 Å². The molecule has 104 valence electrons.